The molecule has 2 aliphatic rings. The van der Waals surface area contributed by atoms with Crippen LogP contribution in [0.1, 0.15) is 34.6 Å². The molecule has 1 aromatic carbocycles. The maximum absolute atomic E-state index is 12.5. The van der Waals surface area contributed by atoms with E-state index in [0.717, 1.165) is 4.90 Å². The van der Waals surface area contributed by atoms with Crippen molar-refractivity contribution in [2.24, 2.45) is 17.2 Å². The Morgan fingerprint density at radius 1 is 1.25 bits per heavy atom. The van der Waals surface area contributed by atoms with Crippen molar-refractivity contribution in [1.29, 1.82) is 0 Å². The largest absolute Gasteiger partial charge is 0.373 e. The lowest BCUT2D eigenvalue weighted by Crippen LogP contribution is -2.44. The molecule has 3 rings (SSSR count). The van der Waals surface area contributed by atoms with Gasteiger partial charge in [0.2, 0.25) is 0 Å². The number of carbonyl (C=O) groups excluding carboxylic acids is 3. The van der Waals surface area contributed by atoms with Gasteiger partial charge in [0.25, 0.3) is 11.8 Å². The second-order valence-corrected chi connectivity index (χ2v) is 6.22. The molecule has 24 heavy (non-hydrogen) atoms. The lowest BCUT2D eigenvalue weighted by atomic mass is 9.69. The predicted molar refractivity (Wildman–Crippen MR) is 86.6 cm³/mol. The maximum atomic E-state index is 12.5. The molecule has 2 N–H and O–H groups in total. The van der Waals surface area contributed by atoms with Crippen molar-refractivity contribution in [3.8, 4) is 0 Å². The zero-order valence-corrected chi connectivity index (χ0v) is 13.5. The highest BCUT2D eigenvalue weighted by Gasteiger charge is 2.46. The van der Waals surface area contributed by atoms with Crippen LogP contribution in [0.4, 0.5) is 0 Å². The number of benzene rings is 1. The SMILES string of the molecule is CC1C=CC=C(CN2C(=O)c3ccccc3C2=O)C1(C)C(=O)ON. The molecule has 2 amide bonds. The minimum Gasteiger partial charge on any atom is -0.373 e. The summed E-state index contributed by atoms with van der Waals surface area (Å²) in [7, 11) is 0. The van der Waals surface area contributed by atoms with Crippen LogP contribution in [0.15, 0.2) is 48.1 Å². The molecular formula is C18H18N2O4. The monoisotopic (exact) mass is 326 g/mol. The van der Waals surface area contributed by atoms with Crippen LogP contribution in [-0.2, 0) is 9.63 Å². The van der Waals surface area contributed by atoms with E-state index in [0.29, 0.717) is 16.7 Å². The van der Waals surface area contributed by atoms with Crippen LogP contribution in [0.25, 0.3) is 0 Å². The molecule has 2 atom stereocenters. The zero-order chi connectivity index (χ0) is 17.5. The third kappa shape index (κ3) is 2.18. The highest BCUT2D eigenvalue weighted by atomic mass is 16.7. The first-order chi connectivity index (χ1) is 11.4. The molecule has 0 bridgehead atoms. The van der Waals surface area contributed by atoms with E-state index in [-0.39, 0.29) is 24.3 Å². The topological polar surface area (TPSA) is 89.7 Å². The Morgan fingerprint density at radius 3 is 2.38 bits per heavy atom. The first kappa shape index (κ1) is 16.1. The van der Waals surface area contributed by atoms with Crippen LogP contribution in [0.3, 0.4) is 0 Å². The van der Waals surface area contributed by atoms with Crippen LogP contribution in [0.2, 0.25) is 0 Å². The van der Waals surface area contributed by atoms with E-state index >= 15 is 0 Å². The summed E-state index contributed by atoms with van der Waals surface area (Å²) in [5.74, 6) is 3.61. The van der Waals surface area contributed by atoms with Crippen molar-refractivity contribution in [3.05, 3.63) is 59.2 Å². The third-order valence-corrected chi connectivity index (χ3v) is 5.01. The fourth-order valence-electron chi connectivity index (χ4n) is 3.21. The molecule has 2 unspecified atom stereocenters. The number of fused-ring (bicyclic) bond motifs is 1. The number of carbonyl (C=O) groups is 3. The Kier molecular flexibility index (Phi) is 3.85. The summed E-state index contributed by atoms with van der Waals surface area (Å²) in [6, 6.07) is 6.68. The molecule has 0 fully saturated rings. The fourth-order valence-corrected chi connectivity index (χ4v) is 3.21. The summed E-state index contributed by atoms with van der Waals surface area (Å²) in [6.07, 6.45) is 5.41. The smallest absolute Gasteiger partial charge is 0.335 e. The molecule has 0 spiro atoms. The summed E-state index contributed by atoms with van der Waals surface area (Å²) in [4.78, 5) is 42.9. The van der Waals surface area contributed by atoms with Gasteiger partial charge in [-0.2, -0.15) is 5.90 Å². The van der Waals surface area contributed by atoms with E-state index in [4.69, 9.17) is 5.90 Å². The van der Waals surface area contributed by atoms with Crippen molar-refractivity contribution in [3.63, 3.8) is 0 Å². The van der Waals surface area contributed by atoms with Gasteiger partial charge in [-0.3, -0.25) is 14.5 Å². The standard InChI is InChI=1S/C18H18N2O4/c1-11-6-5-7-12(18(11,2)17(23)24-19)10-20-15(21)13-8-3-4-9-14(13)16(20)22/h3-9,11H,10,19H2,1-2H3. The van der Waals surface area contributed by atoms with Gasteiger partial charge in [-0.25, -0.2) is 4.79 Å². The normalized spacial score (nSPS) is 25.5. The van der Waals surface area contributed by atoms with E-state index in [1.165, 1.54) is 0 Å². The van der Waals surface area contributed by atoms with Gasteiger partial charge in [-0.15, -0.1) is 0 Å². The van der Waals surface area contributed by atoms with Gasteiger partial charge >= 0.3 is 5.97 Å². The van der Waals surface area contributed by atoms with Crippen LogP contribution in [-0.4, -0.2) is 29.2 Å². The molecule has 0 radical (unpaired) electrons. The lowest BCUT2D eigenvalue weighted by Gasteiger charge is -2.36. The summed E-state index contributed by atoms with van der Waals surface area (Å²) in [5.41, 5.74) is 0.345. The third-order valence-electron chi connectivity index (χ3n) is 5.01. The first-order valence-electron chi connectivity index (χ1n) is 7.65. The summed E-state index contributed by atoms with van der Waals surface area (Å²) < 4.78 is 0. The van der Waals surface area contributed by atoms with Gasteiger partial charge < -0.3 is 4.84 Å². The van der Waals surface area contributed by atoms with Crippen molar-refractivity contribution >= 4 is 17.8 Å². The average Bonchev–Trinajstić information content (AvgIpc) is 2.83. The van der Waals surface area contributed by atoms with Crippen molar-refractivity contribution in [2.45, 2.75) is 13.8 Å². The van der Waals surface area contributed by atoms with Gasteiger partial charge in [-0.05, 0) is 30.5 Å². The molecule has 1 aliphatic heterocycles. The van der Waals surface area contributed by atoms with Crippen LogP contribution in [0.5, 0.6) is 0 Å². The predicted octanol–water partition coefficient (Wildman–Crippen LogP) is 1.84. The van der Waals surface area contributed by atoms with Crippen molar-refractivity contribution < 1.29 is 19.2 Å². The average molecular weight is 326 g/mol. The molecule has 124 valence electrons. The Balaban J connectivity index is 1.95. The molecule has 6 heteroatoms. The fraction of sp³-hybridized carbons (Fsp3) is 0.278. The van der Waals surface area contributed by atoms with Crippen LogP contribution in [0, 0.1) is 11.3 Å². The number of hydrogen-bond donors (Lipinski definition) is 1. The number of amides is 2. The van der Waals surface area contributed by atoms with Gasteiger partial charge in [0.05, 0.1) is 23.1 Å². The number of nitrogens with two attached hydrogens (primary N) is 1. The molecule has 0 saturated heterocycles. The number of rotatable bonds is 3. The molecular weight excluding hydrogens is 308 g/mol. The first-order valence-corrected chi connectivity index (χ1v) is 7.65. The number of allylic oxidation sites excluding steroid dienone is 3. The summed E-state index contributed by atoms with van der Waals surface area (Å²) >= 11 is 0. The second-order valence-electron chi connectivity index (χ2n) is 6.22. The van der Waals surface area contributed by atoms with Crippen LogP contribution >= 0.6 is 0 Å². The summed E-state index contributed by atoms with van der Waals surface area (Å²) in [6.45, 7) is 3.59. The van der Waals surface area contributed by atoms with E-state index < -0.39 is 11.4 Å². The Bertz CT molecular complexity index is 761. The van der Waals surface area contributed by atoms with Gasteiger partial charge in [0.15, 0.2) is 0 Å². The Hall–Kier alpha value is -2.73. The Labute approximate surface area is 139 Å². The number of imide groups is 1. The second kappa shape index (κ2) is 5.72. The summed E-state index contributed by atoms with van der Waals surface area (Å²) in [5, 5.41) is 0. The zero-order valence-electron chi connectivity index (χ0n) is 13.5. The lowest BCUT2D eigenvalue weighted by molar-refractivity contribution is -0.155. The highest BCUT2D eigenvalue weighted by Crippen LogP contribution is 2.41. The van der Waals surface area contributed by atoms with Crippen LogP contribution < -0.4 is 5.90 Å². The molecule has 0 aromatic heterocycles. The molecule has 0 saturated carbocycles. The minimum atomic E-state index is -1.03. The molecule has 1 heterocycles. The van der Waals surface area contributed by atoms with Crippen molar-refractivity contribution in [1.82, 2.24) is 4.90 Å². The minimum absolute atomic E-state index is 0.0205. The number of nitrogens with zero attached hydrogens (tertiary/aromatic N) is 1. The number of hydrogen-bond acceptors (Lipinski definition) is 5. The van der Waals surface area contributed by atoms with E-state index in [1.807, 2.05) is 19.1 Å². The molecule has 1 aliphatic carbocycles. The maximum Gasteiger partial charge on any atom is 0.335 e. The van der Waals surface area contributed by atoms with E-state index in [1.54, 1.807) is 37.3 Å². The van der Waals surface area contributed by atoms with Gasteiger partial charge in [-0.1, -0.05) is 37.3 Å². The van der Waals surface area contributed by atoms with Gasteiger partial charge in [0.1, 0.15) is 0 Å². The van der Waals surface area contributed by atoms with Gasteiger partial charge in [0, 0.05) is 0 Å². The molecule has 1 aromatic rings. The molecule has 6 nitrogen and oxygen atoms in total. The van der Waals surface area contributed by atoms with Crippen molar-refractivity contribution in [2.75, 3.05) is 6.54 Å². The van der Waals surface area contributed by atoms with E-state index in [9.17, 15) is 14.4 Å². The van der Waals surface area contributed by atoms with E-state index in [2.05, 4.69) is 4.84 Å². The Morgan fingerprint density at radius 2 is 1.83 bits per heavy atom. The highest BCUT2D eigenvalue weighted by molar-refractivity contribution is 6.21. The quantitative estimate of drug-likeness (QED) is 0.676.